The van der Waals surface area contributed by atoms with Gasteiger partial charge in [0, 0.05) is 35.5 Å². The van der Waals surface area contributed by atoms with E-state index < -0.39 is 0 Å². The van der Waals surface area contributed by atoms with Gasteiger partial charge >= 0.3 is 0 Å². The second-order valence-corrected chi connectivity index (χ2v) is 5.53. The molecule has 1 aromatic carbocycles. The second kappa shape index (κ2) is 7.41. The highest BCUT2D eigenvalue weighted by Gasteiger charge is 2.09. The molecule has 0 aliphatic carbocycles. The van der Waals surface area contributed by atoms with Gasteiger partial charge in [-0.05, 0) is 42.4 Å². The highest BCUT2D eigenvalue weighted by atomic mass is 79.9. The van der Waals surface area contributed by atoms with E-state index in [9.17, 15) is 0 Å². The van der Waals surface area contributed by atoms with E-state index in [1.165, 1.54) is 11.1 Å². The molecule has 0 atom stereocenters. The van der Waals surface area contributed by atoms with Gasteiger partial charge in [-0.25, -0.2) is 0 Å². The van der Waals surface area contributed by atoms with Crippen LogP contribution in [-0.2, 0) is 13.1 Å². The zero-order valence-corrected chi connectivity index (χ0v) is 13.4. The number of nitrogens with zero attached hydrogens (tertiary/aromatic N) is 2. The van der Waals surface area contributed by atoms with Crippen molar-refractivity contribution < 1.29 is 4.74 Å². The molecule has 4 heteroatoms. The van der Waals surface area contributed by atoms with E-state index in [2.05, 4.69) is 50.9 Å². The number of aromatic nitrogens is 1. The third kappa shape index (κ3) is 4.05. The highest BCUT2D eigenvalue weighted by Crippen LogP contribution is 2.24. The van der Waals surface area contributed by atoms with Gasteiger partial charge in [-0.3, -0.25) is 9.88 Å². The van der Waals surface area contributed by atoms with Crippen LogP contribution >= 0.6 is 15.9 Å². The summed E-state index contributed by atoms with van der Waals surface area (Å²) in [5.41, 5.74) is 2.47. The molecule has 0 aliphatic heterocycles. The number of ether oxygens (including phenoxy) is 1. The van der Waals surface area contributed by atoms with Crippen molar-refractivity contribution in [2.24, 2.45) is 0 Å². The van der Waals surface area contributed by atoms with Crippen LogP contribution in [0.15, 0.2) is 47.2 Å². The first-order valence-electron chi connectivity index (χ1n) is 6.66. The van der Waals surface area contributed by atoms with Crippen LogP contribution in [0.1, 0.15) is 18.1 Å². The summed E-state index contributed by atoms with van der Waals surface area (Å²) >= 11 is 3.52. The lowest BCUT2D eigenvalue weighted by Gasteiger charge is -2.22. The average Bonchev–Trinajstić information content (AvgIpc) is 2.48. The summed E-state index contributed by atoms with van der Waals surface area (Å²) in [7, 11) is 1.71. The molecule has 1 aromatic heterocycles. The molecule has 2 rings (SSSR count). The average molecular weight is 335 g/mol. The molecule has 1 heterocycles. The molecular formula is C16H19BrN2O. The van der Waals surface area contributed by atoms with E-state index in [-0.39, 0.29) is 0 Å². The van der Waals surface area contributed by atoms with E-state index in [4.69, 9.17) is 4.74 Å². The van der Waals surface area contributed by atoms with Crippen molar-refractivity contribution in [2.45, 2.75) is 20.0 Å². The normalized spacial score (nSPS) is 10.8. The minimum Gasteiger partial charge on any atom is -0.496 e. The topological polar surface area (TPSA) is 25.4 Å². The van der Waals surface area contributed by atoms with Crippen molar-refractivity contribution in [1.29, 1.82) is 0 Å². The lowest BCUT2D eigenvalue weighted by molar-refractivity contribution is 0.266. The van der Waals surface area contributed by atoms with Gasteiger partial charge in [0.25, 0.3) is 0 Å². The largest absolute Gasteiger partial charge is 0.496 e. The van der Waals surface area contributed by atoms with Crippen molar-refractivity contribution in [3.05, 3.63) is 58.3 Å². The molecule has 0 N–H and O–H groups in total. The van der Waals surface area contributed by atoms with Crippen molar-refractivity contribution in [3.8, 4) is 5.75 Å². The first kappa shape index (κ1) is 15.0. The van der Waals surface area contributed by atoms with Crippen molar-refractivity contribution in [2.75, 3.05) is 13.7 Å². The van der Waals surface area contributed by atoms with Gasteiger partial charge in [0.2, 0.25) is 0 Å². The van der Waals surface area contributed by atoms with Crippen LogP contribution in [0.3, 0.4) is 0 Å². The fraction of sp³-hybridized carbons (Fsp3) is 0.312. The summed E-state index contributed by atoms with van der Waals surface area (Å²) < 4.78 is 6.52. The third-order valence-electron chi connectivity index (χ3n) is 3.24. The Hall–Kier alpha value is -1.39. The van der Waals surface area contributed by atoms with E-state index in [0.717, 1.165) is 29.9 Å². The maximum Gasteiger partial charge on any atom is 0.123 e. The fourth-order valence-corrected chi connectivity index (χ4v) is 2.55. The van der Waals surface area contributed by atoms with Crippen LogP contribution in [0.4, 0.5) is 0 Å². The molecule has 0 spiro atoms. The molecule has 0 aliphatic rings. The SMILES string of the molecule is CCN(Cc1ccncc1)Cc1cc(Br)ccc1OC. The zero-order valence-electron chi connectivity index (χ0n) is 11.8. The Kier molecular flexibility index (Phi) is 5.56. The Labute approximate surface area is 128 Å². The zero-order chi connectivity index (χ0) is 14.4. The molecule has 0 saturated heterocycles. The van der Waals surface area contributed by atoms with Gasteiger partial charge < -0.3 is 4.74 Å². The number of hydrogen-bond donors (Lipinski definition) is 0. The molecule has 106 valence electrons. The smallest absolute Gasteiger partial charge is 0.123 e. The third-order valence-corrected chi connectivity index (χ3v) is 3.73. The van der Waals surface area contributed by atoms with Crippen molar-refractivity contribution in [1.82, 2.24) is 9.88 Å². The van der Waals surface area contributed by atoms with Gasteiger partial charge in [-0.1, -0.05) is 22.9 Å². The van der Waals surface area contributed by atoms with Crippen molar-refractivity contribution >= 4 is 15.9 Å². The second-order valence-electron chi connectivity index (χ2n) is 4.61. The molecule has 0 unspecified atom stereocenters. The molecule has 3 nitrogen and oxygen atoms in total. The van der Waals surface area contributed by atoms with Crippen molar-refractivity contribution in [3.63, 3.8) is 0 Å². The molecular weight excluding hydrogens is 316 g/mol. The predicted octanol–water partition coefficient (Wildman–Crippen LogP) is 3.87. The summed E-state index contributed by atoms with van der Waals surface area (Å²) in [6, 6.07) is 10.2. The lowest BCUT2D eigenvalue weighted by atomic mass is 10.1. The summed E-state index contributed by atoms with van der Waals surface area (Å²) in [6.07, 6.45) is 3.67. The first-order valence-corrected chi connectivity index (χ1v) is 7.46. The van der Waals surface area contributed by atoms with E-state index >= 15 is 0 Å². The molecule has 0 amide bonds. The summed E-state index contributed by atoms with van der Waals surface area (Å²) in [4.78, 5) is 6.43. The Morgan fingerprint density at radius 2 is 1.90 bits per heavy atom. The van der Waals surface area contributed by atoms with Crippen LogP contribution in [0.2, 0.25) is 0 Å². The summed E-state index contributed by atoms with van der Waals surface area (Å²) in [5.74, 6) is 0.932. The Bertz CT molecular complexity index is 545. The lowest BCUT2D eigenvalue weighted by Crippen LogP contribution is -2.22. The predicted molar refractivity (Wildman–Crippen MR) is 84.7 cm³/mol. The quantitative estimate of drug-likeness (QED) is 0.801. The van der Waals surface area contributed by atoms with E-state index in [0.29, 0.717) is 0 Å². The van der Waals surface area contributed by atoms with Gasteiger partial charge in [0.15, 0.2) is 0 Å². The molecule has 0 radical (unpaired) electrons. The minimum atomic E-state index is 0.863. The number of hydrogen-bond acceptors (Lipinski definition) is 3. The van der Waals surface area contributed by atoms with Crippen LogP contribution in [-0.4, -0.2) is 23.5 Å². The standard InChI is InChI=1S/C16H19BrN2O/c1-3-19(11-13-6-8-18-9-7-13)12-14-10-15(17)4-5-16(14)20-2/h4-10H,3,11-12H2,1-2H3. The first-order chi connectivity index (χ1) is 9.72. The molecule has 20 heavy (non-hydrogen) atoms. The number of pyridine rings is 1. The Morgan fingerprint density at radius 1 is 1.15 bits per heavy atom. The molecule has 0 bridgehead atoms. The maximum absolute atomic E-state index is 5.44. The summed E-state index contributed by atoms with van der Waals surface area (Å²) in [6.45, 7) is 4.93. The van der Waals surface area contributed by atoms with Crippen LogP contribution in [0.5, 0.6) is 5.75 Å². The maximum atomic E-state index is 5.44. The van der Waals surface area contributed by atoms with Crippen LogP contribution in [0.25, 0.3) is 0 Å². The Balaban J connectivity index is 2.12. The minimum absolute atomic E-state index is 0.863. The van der Waals surface area contributed by atoms with Crippen LogP contribution < -0.4 is 4.74 Å². The number of halogens is 1. The molecule has 0 saturated carbocycles. The van der Waals surface area contributed by atoms with Gasteiger partial charge in [0.05, 0.1) is 7.11 Å². The van der Waals surface area contributed by atoms with E-state index in [1.807, 2.05) is 24.5 Å². The number of benzene rings is 1. The van der Waals surface area contributed by atoms with E-state index in [1.54, 1.807) is 7.11 Å². The Morgan fingerprint density at radius 3 is 2.55 bits per heavy atom. The highest BCUT2D eigenvalue weighted by molar-refractivity contribution is 9.10. The molecule has 0 fully saturated rings. The summed E-state index contributed by atoms with van der Waals surface area (Å²) in [5, 5.41) is 0. The van der Waals surface area contributed by atoms with Crippen LogP contribution in [0, 0.1) is 0 Å². The van der Waals surface area contributed by atoms with Gasteiger partial charge in [-0.2, -0.15) is 0 Å². The fourth-order valence-electron chi connectivity index (χ4n) is 2.14. The number of methoxy groups -OCH3 is 1. The van der Waals surface area contributed by atoms with Gasteiger partial charge in [0.1, 0.15) is 5.75 Å². The number of rotatable bonds is 6. The molecule has 2 aromatic rings. The van der Waals surface area contributed by atoms with Gasteiger partial charge in [-0.15, -0.1) is 0 Å². The monoisotopic (exact) mass is 334 g/mol.